The molecule has 3 rings (SSSR count). The predicted molar refractivity (Wildman–Crippen MR) is 121 cm³/mol. The molecular weight excluding hydrogens is 420 g/mol. The molecule has 2 aromatic rings. The lowest BCUT2D eigenvalue weighted by Gasteiger charge is -2.35. The molecule has 8 heteroatoms. The molecule has 1 fully saturated rings. The maximum atomic E-state index is 13.8. The summed E-state index contributed by atoms with van der Waals surface area (Å²) >= 11 is 0. The van der Waals surface area contributed by atoms with Crippen molar-refractivity contribution >= 4 is 21.2 Å². The van der Waals surface area contributed by atoms with Gasteiger partial charge in [-0.2, -0.15) is 0 Å². The van der Waals surface area contributed by atoms with Crippen LogP contribution in [0, 0.1) is 11.6 Å². The molecule has 1 saturated heterocycles. The molecule has 0 aliphatic carbocycles. The van der Waals surface area contributed by atoms with Crippen LogP contribution in [0.15, 0.2) is 46.2 Å². The van der Waals surface area contributed by atoms with E-state index in [1.54, 1.807) is 12.1 Å². The number of rotatable bonds is 8. The van der Waals surface area contributed by atoms with Crippen LogP contribution >= 0.6 is 0 Å². The molecule has 31 heavy (non-hydrogen) atoms. The number of halogens is 2. The van der Waals surface area contributed by atoms with Crippen LogP contribution in [0.5, 0.6) is 0 Å². The van der Waals surface area contributed by atoms with Gasteiger partial charge in [0.15, 0.2) is 0 Å². The van der Waals surface area contributed by atoms with Gasteiger partial charge >= 0.3 is 0 Å². The van der Waals surface area contributed by atoms with E-state index in [1.165, 1.54) is 0 Å². The van der Waals surface area contributed by atoms with Crippen LogP contribution in [-0.4, -0.2) is 59.6 Å². The van der Waals surface area contributed by atoms with Crippen LogP contribution in [-0.2, 0) is 9.84 Å². The van der Waals surface area contributed by atoms with E-state index in [0.29, 0.717) is 24.8 Å². The van der Waals surface area contributed by atoms with Crippen molar-refractivity contribution in [3.05, 3.63) is 48.0 Å². The number of piperazine rings is 1. The van der Waals surface area contributed by atoms with Gasteiger partial charge in [0.1, 0.15) is 11.6 Å². The quantitative estimate of drug-likeness (QED) is 0.603. The van der Waals surface area contributed by atoms with Crippen LogP contribution in [0.3, 0.4) is 0 Å². The predicted octanol–water partition coefficient (Wildman–Crippen LogP) is 4.18. The highest BCUT2D eigenvalue weighted by Crippen LogP contribution is 2.35. The van der Waals surface area contributed by atoms with Crippen LogP contribution < -0.4 is 9.80 Å². The first-order valence-electron chi connectivity index (χ1n) is 10.8. The topological polar surface area (TPSA) is 43.9 Å². The standard InChI is InChI=1S/C23H31F2N3O2S/c1-4-8-28(9-5-2)22-17-20(27-12-10-26(3)11-13-27)6-7-23(22)31(29,30)21-15-18(24)14-19(25)16-21/h6-7,14-17H,4-5,8-13H2,1-3H3. The Labute approximate surface area is 184 Å². The maximum Gasteiger partial charge on any atom is 0.208 e. The summed E-state index contributed by atoms with van der Waals surface area (Å²) in [5.74, 6) is -1.82. The average Bonchev–Trinajstić information content (AvgIpc) is 2.73. The smallest absolute Gasteiger partial charge is 0.208 e. The first-order valence-corrected chi connectivity index (χ1v) is 12.3. The normalized spacial score (nSPS) is 15.3. The van der Waals surface area contributed by atoms with Crippen molar-refractivity contribution in [2.75, 3.05) is 56.1 Å². The maximum absolute atomic E-state index is 13.8. The summed E-state index contributed by atoms with van der Waals surface area (Å²) in [7, 11) is -2.02. The van der Waals surface area contributed by atoms with Gasteiger partial charge in [-0.15, -0.1) is 0 Å². The van der Waals surface area contributed by atoms with Gasteiger partial charge in [0.2, 0.25) is 9.84 Å². The fourth-order valence-corrected chi connectivity index (χ4v) is 5.44. The monoisotopic (exact) mass is 451 g/mol. The fraction of sp³-hybridized carbons (Fsp3) is 0.478. The number of sulfone groups is 1. The molecule has 5 nitrogen and oxygen atoms in total. The second kappa shape index (κ2) is 9.96. The Balaban J connectivity index is 2.11. The molecule has 1 aliphatic heterocycles. The van der Waals surface area contributed by atoms with E-state index in [2.05, 4.69) is 21.7 Å². The second-order valence-corrected chi connectivity index (χ2v) is 9.96. The van der Waals surface area contributed by atoms with Gasteiger partial charge in [-0.1, -0.05) is 13.8 Å². The molecule has 1 aliphatic rings. The zero-order valence-electron chi connectivity index (χ0n) is 18.4. The number of likely N-dealkylation sites (N-methyl/N-ethyl adjacent to an activating group) is 1. The Hall–Kier alpha value is -2.19. The third-order valence-corrected chi connectivity index (χ3v) is 7.36. The van der Waals surface area contributed by atoms with E-state index in [4.69, 9.17) is 0 Å². The van der Waals surface area contributed by atoms with E-state index >= 15 is 0 Å². The van der Waals surface area contributed by atoms with E-state index in [1.807, 2.05) is 19.9 Å². The van der Waals surface area contributed by atoms with Crippen molar-refractivity contribution in [3.63, 3.8) is 0 Å². The molecular formula is C23H31F2N3O2S. The van der Waals surface area contributed by atoms with Gasteiger partial charge in [0.05, 0.1) is 15.5 Å². The molecule has 0 aromatic heterocycles. The number of hydrogen-bond acceptors (Lipinski definition) is 5. The Morgan fingerprint density at radius 1 is 0.903 bits per heavy atom. The van der Waals surface area contributed by atoms with Crippen LogP contribution in [0.25, 0.3) is 0 Å². The average molecular weight is 452 g/mol. The minimum absolute atomic E-state index is 0.0808. The Kier molecular flexibility index (Phi) is 7.54. The molecule has 0 amide bonds. The molecule has 0 atom stereocenters. The van der Waals surface area contributed by atoms with Crippen molar-refractivity contribution < 1.29 is 17.2 Å². The highest BCUT2D eigenvalue weighted by Gasteiger charge is 2.26. The van der Waals surface area contributed by atoms with E-state index in [-0.39, 0.29) is 9.79 Å². The van der Waals surface area contributed by atoms with Crippen molar-refractivity contribution in [3.8, 4) is 0 Å². The molecule has 0 radical (unpaired) electrons. The number of benzene rings is 2. The zero-order valence-corrected chi connectivity index (χ0v) is 19.3. The summed E-state index contributed by atoms with van der Waals surface area (Å²) < 4.78 is 54.4. The lowest BCUT2D eigenvalue weighted by molar-refractivity contribution is 0.313. The molecule has 0 unspecified atom stereocenters. The van der Waals surface area contributed by atoms with Crippen molar-refractivity contribution in [1.82, 2.24) is 4.90 Å². The Morgan fingerprint density at radius 3 is 2.03 bits per heavy atom. The number of hydrogen-bond donors (Lipinski definition) is 0. The number of nitrogens with zero attached hydrogens (tertiary/aromatic N) is 3. The van der Waals surface area contributed by atoms with E-state index in [9.17, 15) is 17.2 Å². The Bertz CT molecular complexity index is 980. The summed E-state index contributed by atoms with van der Waals surface area (Å²) in [5, 5.41) is 0. The summed E-state index contributed by atoms with van der Waals surface area (Å²) in [6.07, 6.45) is 1.71. The zero-order chi connectivity index (χ0) is 22.6. The van der Waals surface area contributed by atoms with Crippen molar-refractivity contribution in [1.29, 1.82) is 0 Å². The van der Waals surface area contributed by atoms with Gasteiger partial charge in [-0.3, -0.25) is 0 Å². The van der Waals surface area contributed by atoms with Crippen molar-refractivity contribution in [2.45, 2.75) is 36.5 Å². The minimum atomic E-state index is -4.10. The number of anilines is 2. The van der Waals surface area contributed by atoms with Crippen molar-refractivity contribution in [2.24, 2.45) is 0 Å². The summed E-state index contributed by atoms with van der Waals surface area (Å²) in [6.45, 7) is 9.07. The van der Waals surface area contributed by atoms with Gasteiger partial charge in [0, 0.05) is 51.0 Å². The lowest BCUT2D eigenvalue weighted by Crippen LogP contribution is -2.44. The first kappa shape index (κ1) is 23.5. The van der Waals surface area contributed by atoms with Gasteiger partial charge < -0.3 is 14.7 Å². The lowest BCUT2D eigenvalue weighted by atomic mass is 10.2. The Morgan fingerprint density at radius 2 is 1.48 bits per heavy atom. The van der Waals surface area contributed by atoms with Gasteiger partial charge in [-0.25, -0.2) is 17.2 Å². The first-order chi connectivity index (χ1) is 14.8. The largest absolute Gasteiger partial charge is 0.370 e. The second-order valence-electron chi connectivity index (χ2n) is 8.04. The SMILES string of the molecule is CCCN(CCC)c1cc(N2CCN(C)CC2)ccc1S(=O)(=O)c1cc(F)cc(F)c1. The molecule has 0 spiro atoms. The third kappa shape index (κ3) is 5.36. The molecule has 0 bridgehead atoms. The van der Waals surface area contributed by atoms with Gasteiger partial charge in [0.25, 0.3) is 0 Å². The van der Waals surface area contributed by atoms with E-state index in [0.717, 1.165) is 56.8 Å². The summed E-state index contributed by atoms with van der Waals surface area (Å²) in [5.41, 5.74) is 1.55. The third-order valence-electron chi connectivity index (χ3n) is 5.57. The summed E-state index contributed by atoms with van der Waals surface area (Å²) in [4.78, 5) is 6.28. The van der Waals surface area contributed by atoms with Crippen LogP contribution in [0.1, 0.15) is 26.7 Å². The molecule has 0 saturated carbocycles. The molecule has 0 N–H and O–H groups in total. The van der Waals surface area contributed by atoms with Gasteiger partial charge in [-0.05, 0) is 50.2 Å². The summed E-state index contributed by atoms with van der Waals surface area (Å²) in [6, 6.07) is 7.73. The van der Waals surface area contributed by atoms with Crippen LogP contribution in [0.2, 0.25) is 0 Å². The fourth-order valence-electron chi connectivity index (χ4n) is 3.94. The van der Waals surface area contributed by atoms with E-state index < -0.39 is 21.5 Å². The highest BCUT2D eigenvalue weighted by molar-refractivity contribution is 7.91. The van der Waals surface area contributed by atoms with Crippen LogP contribution in [0.4, 0.5) is 20.2 Å². The molecule has 1 heterocycles. The molecule has 2 aromatic carbocycles. The molecule has 170 valence electrons. The highest BCUT2D eigenvalue weighted by atomic mass is 32.2. The minimum Gasteiger partial charge on any atom is -0.370 e.